The maximum atomic E-state index is 0. The van der Waals surface area contributed by atoms with Gasteiger partial charge < -0.3 is 2.85 Å². The molecule has 0 bridgehead atoms. The van der Waals surface area contributed by atoms with Crippen LogP contribution in [0.15, 0.2) is 0 Å². The second-order valence-corrected chi connectivity index (χ2v) is 0. The maximum Gasteiger partial charge on any atom is 2.00 e. The number of hydrogen-bond donors (Lipinski definition) is 0. The maximum absolute atomic E-state index is 0. The van der Waals surface area contributed by atoms with E-state index >= 15 is 0 Å². The minimum Gasteiger partial charge on any atom is -1.00 e. The molecule has 0 N–H and O–H groups in total. The fourth-order valence-electron chi connectivity index (χ4n) is 0. The third-order valence-corrected chi connectivity index (χ3v) is 0. The molecule has 0 nitrogen and oxygen atoms in total. The van der Waals surface area contributed by atoms with Crippen LogP contribution in [0.1, 0.15) is 2.85 Å². The van der Waals surface area contributed by atoms with Gasteiger partial charge in [-0.1, -0.05) is 0 Å². The van der Waals surface area contributed by atoms with Crippen LogP contribution < -0.4 is 0 Å². The molecule has 0 amide bonds. The van der Waals surface area contributed by atoms with Gasteiger partial charge in [0, 0.05) is 33.8 Å². The van der Waals surface area contributed by atoms with E-state index in [1.807, 2.05) is 0 Å². The second kappa shape index (κ2) is 31.1. The van der Waals surface area contributed by atoms with Gasteiger partial charge in [0.15, 0.2) is 17.4 Å². The van der Waals surface area contributed by atoms with Crippen molar-refractivity contribution in [3.05, 3.63) is 0 Å². The molecule has 0 aromatic carbocycles. The van der Waals surface area contributed by atoms with Crippen molar-refractivity contribution in [2.75, 3.05) is 0 Å². The summed E-state index contributed by atoms with van der Waals surface area (Å²) in [5, 5.41) is 0. The molecule has 0 unspecified atom stereocenters. The van der Waals surface area contributed by atoms with Crippen LogP contribution in [0.4, 0.5) is 0 Å². The first kappa shape index (κ1) is 50.0. The van der Waals surface area contributed by atoms with Crippen molar-refractivity contribution in [2.45, 2.75) is 0 Å². The largest absolute Gasteiger partial charge is 2.00 e. The minimum absolute atomic E-state index is 0. The van der Waals surface area contributed by atoms with E-state index in [1.54, 1.807) is 0 Å². The predicted octanol–water partition coefficient (Wildman–Crippen LogP) is -2.80. The summed E-state index contributed by atoms with van der Waals surface area (Å²) in [6.07, 6.45) is 0. The van der Waals surface area contributed by atoms with E-state index in [1.165, 1.54) is 0 Å². The molecule has 0 saturated heterocycles. The van der Waals surface area contributed by atoms with E-state index in [4.69, 9.17) is 0 Å². The van der Waals surface area contributed by atoms with Crippen molar-refractivity contribution in [3.8, 4) is 0 Å². The molecule has 34 valence electrons. The molecular weight excluding hydrogens is 193 g/mol. The van der Waals surface area contributed by atoms with Crippen molar-refractivity contribution < 1.29 is 36.7 Å². The van der Waals surface area contributed by atoms with Crippen molar-refractivity contribution >= 4 is 51.4 Å². The topological polar surface area (TPSA) is 0 Å². The molecule has 2 radical (unpaired) electrons. The summed E-state index contributed by atoms with van der Waals surface area (Å²) in [6, 6.07) is 0. The summed E-state index contributed by atoms with van der Waals surface area (Å²) >= 11 is 0. The van der Waals surface area contributed by atoms with Gasteiger partial charge in [-0.05, 0) is 11.0 Å². The molecule has 0 aliphatic heterocycles. The standard InChI is InChI=1S/Al.Co.Mg.Mn.H4Si.5H/h;;;;1H4;;;;;/q;;+2;;;;;;2*-1. The SMILES string of the molecule is [AlH3].[Co].[H-].[H-].[Mg+2].[Mn].[SiH4]. The summed E-state index contributed by atoms with van der Waals surface area (Å²) in [7, 11) is 0. The predicted molar refractivity (Wildman–Crippen MR) is 29.3 cm³/mol. The Morgan fingerprint density at radius 3 is 1.20 bits per heavy atom. The summed E-state index contributed by atoms with van der Waals surface area (Å²) in [4.78, 5) is 0. The quantitative estimate of drug-likeness (QED) is 0.372. The summed E-state index contributed by atoms with van der Waals surface area (Å²) in [5.41, 5.74) is 0. The van der Waals surface area contributed by atoms with Gasteiger partial charge in [0.25, 0.3) is 0 Å². The molecule has 0 heterocycles. The number of rotatable bonds is 0. The Morgan fingerprint density at radius 2 is 1.20 bits per heavy atom. The van der Waals surface area contributed by atoms with Crippen LogP contribution >= 0.6 is 0 Å². The van der Waals surface area contributed by atoms with Gasteiger partial charge in [0.1, 0.15) is 0 Å². The van der Waals surface area contributed by atoms with Crippen molar-refractivity contribution in [2.24, 2.45) is 0 Å². The Morgan fingerprint density at radius 1 is 1.20 bits per heavy atom. The molecule has 0 aromatic heterocycles. The molecule has 0 aliphatic rings. The van der Waals surface area contributed by atoms with Crippen LogP contribution in [0.5, 0.6) is 0 Å². The normalized spacial score (nSPS) is 0. The third-order valence-electron chi connectivity index (χ3n) is 0. The average molecular weight is 202 g/mol. The minimum atomic E-state index is 0. The molecular formula is H9AlCoMgMnSi. The Kier molecular flexibility index (Phi) is 311. The first-order valence-corrected chi connectivity index (χ1v) is 0. The van der Waals surface area contributed by atoms with Gasteiger partial charge in [-0.25, -0.2) is 0 Å². The average Bonchev–Trinajstić information content (AvgIpc) is 0. The van der Waals surface area contributed by atoms with Gasteiger partial charge in [-0.15, -0.1) is 0 Å². The zero-order valence-corrected chi connectivity index (χ0v) is 5.05. The van der Waals surface area contributed by atoms with Gasteiger partial charge in [-0.3, -0.25) is 0 Å². The van der Waals surface area contributed by atoms with E-state index < -0.39 is 0 Å². The molecule has 0 aromatic rings. The van der Waals surface area contributed by atoms with Gasteiger partial charge >= 0.3 is 23.1 Å². The molecule has 0 saturated carbocycles. The van der Waals surface area contributed by atoms with Crippen LogP contribution in [-0.2, 0) is 33.8 Å². The monoisotopic (exact) mass is 202 g/mol. The van der Waals surface area contributed by atoms with Crippen LogP contribution in [0.3, 0.4) is 0 Å². The van der Waals surface area contributed by atoms with Gasteiger partial charge in [0.2, 0.25) is 0 Å². The van der Waals surface area contributed by atoms with E-state index in [2.05, 4.69) is 0 Å². The Bertz CT molecular complexity index is 17.7. The Hall–Kier alpha value is 2.54. The summed E-state index contributed by atoms with van der Waals surface area (Å²) in [5.74, 6) is 0. The van der Waals surface area contributed by atoms with Crippen LogP contribution in [0.2, 0.25) is 0 Å². The van der Waals surface area contributed by atoms with E-state index in [0.717, 1.165) is 0 Å². The van der Waals surface area contributed by atoms with Gasteiger partial charge in [0.05, 0.1) is 0 Å². The molecule has 0 aliphatic carbocycles. The smallest absolute Gasteiger partial charge is 1.00 e. The fourth-order valence-corrected chi connectivity index (χ4v) is 0. The summed E-state index contributed by atoms with van der Waals surface area (Å²) in [6.45, 7) is 0. The van der Waals surface area contributed by atoms with Crippen LogP contribution in [0, 0.1) is 0 Å². The summed E-state index contributed by atoms with van der Waals surface area (Å²) < 4.78 is 0. The molecule has 0 atom stereocenters. The van der Waals surface area contributed by atoms with Crippen LogP contribution in [0.25, 0.3) is 0 Å². The Balaban J connectivity index is 0. The molecule has 0 rings (SSSR count). The zero-order valence-electron chi connectivity index (χ0n) is 3.42. The first-order chi connectivity index (χ1) is 0. The third kappa shape index (κ3) is 20.9. The molecule has 0 fully saturated rings. The van der Waals surface area contributed by atoms with Gasteiger partial charge in [-0.2, -0.15) is 0 Å². The fraction of sp³-hybridized carbons (Fsp3) is 0. The number of hydrogen-bond acceptors (Lipinski definition) is 0. The first-order valence-electron chi connectivity index (χ1n) is 0. The van der Waals surface area contributed by atoms with E-state index in [-0.39, 0.29) is 88.1 Å². The van der Waals surface area contributed by atoms with Crippen LogP contribution in [-0.4, -0.2) is 51.4 Å². The second-order valence-electron chi connectivity index (χ2n) is 0. The molecule has 5 heavy (non-hydrogen) atoms. The van der Waals surface area contributed by atoms with Crippen molar-refractivity contribution in [3.63, 3.8) is 0 Å². The zero-order chi connectivity index (χ0) is 0. The molecule has 5 heteroatoms. The van der Waals surface area contributed by atoms with Crippen molar-refractivity contribution in [1.82, 2.24) is 0 Å². The molecule has 0 spiro atoms. The Labute approximate surface area is 87.2 Å². The van der Waals surface area contributed by atoms with E-state index in [9.17, 15) is 0 Å². The van der Waals surface area contributed by atoms with E-state index in [0.29, 0.717) is 0 Å². The van der Waals surface area contributed by atoms with Crippen molar-refractivity contribution in [1.29, 1.82) is 0 Å².